The van der Waals surface area contributed by atoms with Crippen molar-refractivity contribution in [1.29, 1.82) is 0 Å². The van der Waals surface area contributed by atoms with E-state index in [0.717, 1.165) is 45.8 Å². The van der Waals surface area contributed by atoms with E-state index in [2.05, 4.69) is 37.9 Å². The lowest BCUT2D eigenvalue weighted by atomic mass is 10.3. The Balaban J connectivity index is 3.45. The van der Waals surface area contributed by atoms with Crippen LogP contribution >= 0.6 is 0 Å². The molecule has 0 fully saturated rings. The smallest absolute Gasteiger partial charge is 0.0615 e. The van der Waals surface area contributed by atoms with Crippen LogP contribution in [0.15, 0.2) is 0 Å². The minimum atomic E-state index is 0.343. The lowest BCUT2D eigenvalue weighted by molar-refractivity contribution is 0.0766. The molecule has 0 saturated carbocycles. The molecule has 4 heteroatoms. The van der Waals surface area contributed by atoms with Crippen LogP contribution in [0.2, 0.25) is 0 Å². The third-order valence-electron chi connectivity index (χ3n) is 2.96. The SMILES string of the molecule is CCN(CCNCCCOC(C)C)C(C)COC. The van der Waals surface area contributed by atoms with Crippen LogP contribution in [0.1, 0.15) is 34.1 Å². The van der Waals surface area contributed by atoms with Crippen LogP contribution in [0.3, 0.4) is 0 Å². The largest absolute Gasteiger partial charge is 0.383 e. The van der Waals surface area contributed by atoms with Gasteiger partial charge in [-0.3, -0.25) is 4.90 Å². The highest BCUT2D eigenvalue weighted by Gasteiger charge is 2.10. The second-order valence-electron chi connectivity index (χ2n) is 4.96. The maximum atomic E-state index is 5.49. The number of nitrogens with zero attached hydrogens (tertiary/aromatic N) is 1. The Hall–Kier alpha value is -0.160. The molecule has 1 N–H and O–H groups in total. The molecule has 1 atom stereocenters. The molecular formula is C14H32N2O2. The zero-order valence-electron chi connectivity index (χ0n) is 12.9. The summed E-state index contributed by atoms with van der Waals surface area (Å²) in [5.74, 6) is 0. The highest BCUT2D eigenvalue weighted by atomic mass is 16.5. The topological polar surface area (TPSA) is 33.7 Å². The molecule has 18 heavy (non-hydrogen) atoms. The van der Waals surface area contributed by atoms with Gasteiger partial charge in [-0.15, -0.1) is 0 Å². The van der Waals surface area contributed by atoms with Crippen molar-refractivity contribution in [3.63, 3.8) is 0 Å². The number of nitrogens with one attached hydrogen (secondary N) is 1. The zero-order chi connectivity index (χ0) is 13.8. The van der Waals surface area contributed by atoms with Gasteiger partial charge in [0.2, 0.25) is 0 Å². The molecule has 1 unspecified atom stereocenters. The van der Waals surface area contributed by atoms with Crippen LogP contribution in [0.5, 0.6) is 0 Å². The van der Waals surface area contributed by atoms with Crippen LogP contribution in [0.4, 0.5) is 0 Å². The first kappa shape index (κ1) is 17.8. The average molecular weight is 260 g/mol. The molecule has 0 heterocycles. The summed E-state index contributed by atoms with van der Waals surface area (Å²) in [6.45, 7) is 14.4. The zero-order valence-corrected chi connectivity index (χ0v) is 12.9. The summed E-state index contributed by atoms with van der Waals surface area (Å²) in [4.78, 5) is 2.43. The third kappa shape index (κ3) is 9.83. The molecule has 0 aliphatic rings. The number of rotatable bonds is 12. The van der Waals surface area contributed by atoms with Gasteiger partial charge in [0.15, 0.2) is 0 Å². The van der Waals surface area contributed by atoms with Crippen molar-refractivity contribution in [2.45, 2.75) is 46.3 Å². The van der Waals surface area contributed by atoms with Crippen LogP contribution in [-0.4, -0.2) is 63.5 Å². The van der Waals surface area contributed by atoms with Crippen molar-refractivity contribution in [2.24, 2.45) is 0 Å². The summed E-state index contributed by atoms with van der Waals surface area (Å²) >= 11 is 0. The Bertz CT molecular complexity index is 177. The standard InChI is InChI=1S/C14H32N2O2/c1-6-16(14(4)12-17-5)10-9-15-8-7-11-18-13(2)3/h13-15H,6-12H2,1-5H3. The summed E-state index contributed by atoms with van der Waals surface area (Å²) in [5.41, 5.74) is 0. The predicted molar refractivity (Wildman–Crippen MR) is 77.2 cm³/mol. The fourth-order valence-electron chi connectivity index (χ4n) is 1.90. The maximum Gasteiger partial charge on any atom is 0.0615 e. The number of hydrogen-bond acceptors (Lipinski definition) is 4. The van der Waals surface area contributed by atoms with Gasteiger partial charge in [0, 0.05) is 32.8 Å². The van der Waals surface area contributed by atoms with Crippen LogP contribution in [0, 0.1) is 0 Å². The summed E-state index contributed by atoms with van der Waals surface area (Å²) in [6.07, 6.45) is 1.42. The second kappa shape index (κ2) is 11.9. The number of methoxy groups -OCH3 is 1. The second-order valence-corrected chi connectivity index (χ2v) is 4.96. The van der Waals surface area contributed by atoms with Crippen LogP contribution < -0.4 is 5.32 Å². The van der Waals surface area contributed by atoms with Gasteiger partial charge in [0.05, 0.1) is 12.7 Å². The maximum absolute atomic E-state index is 5.49. The molecular weight excluding hydrogens is 228 g/mol. The molecule has 4 nitrogen and oxygen atoms in total. The van der Waals surface area contributed by atoms with Crippen LogP contribution in [-0.2, 0) is 9.47 Å². The van der Waals surface area contributed by atoms with E-state index in [0.29, 0.717) is 12.1 Å². The number of ether oxygens (including phenoxy) is 2. The monoisotopic (exact) mass is 260 g/mol. The molecule has 0 aliphatic heterocycles. The molecule has 110 valence electrons. The Morgan fingerprint density at radius 1 is 1.17 bits per heavy atom. The first-order valence-corrected chi connectivity index (χ1v) is 7.17. The lowest BCUT2D eigenvalue weighted by Gasteiger charge is -2.27. The quantitative estimate of drug-likeness (QED) is 0.542. The minimum Gasteiger partial charge on any atom is -0.383 e. The molecule has 0 aromatic heterocycles. The Labute approximate surface area is 113 Å². The fourth-order valence-corrected chi connectivity index (χ4v) is 1.90. The van der Waals surface area contributed by atoms with E-state index in [-0.39, 0.29) is 0 Å². The normalized spacial score (nSPS) is 13.5. The molecule has 0 aliphatic carbocycles. The van der Waals surface area contributed by atoms with E-state index in [1.54, 1.807) is 7.11 Å². The molecule has 0 bridgehead atoms. The number of hydrogen-bond donors (Lipinski definition) is 1. The predicted octanol–water partition coefficient (Wildman–Crippen LogP) is 1.75. The van der Waals surface area contributed by atoms with Crippen molar-refractivity contribution in [3.8, 4) is 0 Å². The van der Waals surface area contributed by atoms with Crippen molar-refractivity contribution >= 4 is 0 Å². The van der Waals surface area contributed by atoms with Gasteiger partial charge in [0.1, 0.15) is 0 Å². The first-order chi connectivity index (χ1) is 8.61. The Kier molecular flexibility index (Phi) is 11.8. The molecule has 0 saturated heterocycles. The van der Waals surface area contributed by atoms with Gasteiger partial charge in [-0.25, -0.2) is 0 Å². The fraction of sp³-hybridized carbons (Fsp3) is 1.00. The minimum absolute atomic E-state index is 0.343. The van der Waals surface area contributed by atoms with Gasteiger partial charge in [0.25, 0.3) is 0 Å². The van der Waals surface area contributed by atoms with Gasteiger partial charge in [-0.05, 0) is 40.3 Å². The van der Waals surface area contributed by atoms with Crippen LogP contribution in [0.25, 0.3) is 0 Å². The molecule has 0 aromatic rings. The molecule has 0 radical (unpaired) electrons. The van der Waals surface area contributed by atoms with Gasteiger partial charge < -0.3 is 14.8 Å². The molecule has 0 amide bonds. The van der Waals surface area contributed by atoms with Crippen molar-refractivity contribution in [3.05, 3.63) is 0 Å². The highest BCUT2D eigenvalue weighted by molar-refractivity contribution is 4.66. The summed E-state index contributed by atoms with van der Waals surface area (Å²) in [7, 11) is 1.76. The molecule has 0 aromatic carbocycles. The molecule has 0 rings (SSSR count). The Morgan fingerprint density at radius 3 is 2.44 bits per heavy atom. The van der Waals surface area contributed by atoms with E-state index >= 15 is 0 Å². The van der Waals surface area contributed by atoms with Crippen molar-refractivity contribution < 1.29 is 9.47 Å². The average Bonchev–Trinajstić information content (AvgIpc) is 2.32. The van der Waals surface area contributed by atoms with Crippen molar-refractivity contribution in [1.82, 2.24) is 10.2 Å². The van der Waals surface area contributed by atoms with Crippen molar-refractivity contribution in [2.75, 3.05) is 46.5 Å². The van der Waals surface area contributed by atoms with Gasteiger partial charge in [-0.2, -0.15) is 0 Å². The van der Waals surface area contributed by atoms with Gasteiger partial charge in [-0.1, -0.05) is 6.92 Å². The van der Waals surface area contributed by atoms with E-state index in [4.69, 9.17) is 9.47 Å². The van der Waals surface area contributed by atoms with E-state index < -0.39 is 0 Å². The van der Waals surface area contributed by atoms with E-state index in [1.165, 1.54) is 0 Å². The lowest BCUT2D eigenvalue weighted by Crippen LogP contribution is -2.40. The summed E-state index contributed by atoms with van der Waals surface area (Å²) < 4.78 is 10.7. The van der Waals surface area contributed by atoms with E-state index in [1.807, 2.05) is 0 Å². The third-order valence-corrected chi connectivity index (χ3v) is 2.96. The summed E-state index contributed by atoms with van der Waals surface area (Å²) in [6, 6.07) is 0.492. The number of likely N-dealkylation sites (N-methyl/N-ethyl adjacent to an activating group) is 1. The van der Waals surface area contributed by atoms with Gasteiger partial charge >= 0.3 is 0 Å². The first-order valence-electron chi connectivity index (χ1n) is 7.17. The summed E-state index contributed by atoms with van der Waals surface area (Å²) in [5, 5.41) is 3.46. The Morgan fingerprint density at radius 2 is 1.89 bits per heavy atom. The molecule has 0 spiro atoms. The van der Waals surface area contributed by atoms with E-state index in [9.17, 15) is 0 Å². The highest BCUT2D eigenvalue weighted by Crippen LogP contribution is 1.98.